The molecular weight excluding hydrogens is 416 g/mol. The molecule has 1 aromatic carbocycles. The highest BCUT2D eigenvalue weighted by molar-refractivity contribution is 8.11. The number of hydrogen-bond donors (Lipinski definition) is 1. The Morgan fingerprint density at radius 3 is 2.88 bits per heavy atom. The first-order valence-corrected chi connectivity index (χ1v) is 11.6. The van der Waals surface area contributed by atoms with Crippen molar-refractivity contribution in [2.24, 2.45) is 0 Å². The van der Waals surface area contributed by atoms with Gasteiger partial charge in [0.25, 0.3) is 5.91 Å². The normalized spacial score (nSPS) is 16.5. The Bertz CT molecular complexity index is 1280. The van der Waals surface area contributed by atoms with Crippen LogP contribution in [0.25, 0.3) is 21.3 Å². The van der Waals surface area contributed by atoms with E-state index in [-0.39, 0.29) is 7.33 Å². The Labute approximate surface area is 193 Å². The molecule has 0 unspecified atom stereocenters. The maximum atomic E-state index is 12.9. The summed E-state index contributed by atoms with van der Waals surface area (Å²) in [5.41, 5.74) is 3.83. The lowest BCUT2D eigenvalue weighted by molar-refractivity contribution is 0.102. The first-order valence-electron chi connectivity index (χ1n) is 10.7. The van der Waals surface area contributed by atoms with E-state index < -0.39 is 0 Å². The van der Waals surface area contributed by atoms with Crippen molar-refractivity contribution in [1.29, 1.82) is 0 Å². The topological polar surface area (TPSA) is 58.1 Å². The van der Waals surface area contributed by atoms with Gasteiger partial charge in [-0.05, 0) is 66.1 Å². The first-order chi connectivity index (χ1) is 15.7. The highest BCUT2D eigenvalue weighted by atomic mass is 32.2. The zero-order chi connectivity index (χ0) is 21.9. The molecule has 2 aliphatic rings. The molecule has 0 atom stereocenters. The molecule has 0 saturated heterocycles. The van der Waals surface area contributed by atoms with Crippen LogP contribution in [0.1, 0.15) is 35.9 Å². The zero-order valence-electron chi connectivity index (χ0n) is 17.9. The lowest BCUT2D eigenvalue weighted by Crippen LogP contribution is -2.24. The number of pyridine rings is 2. The molecule has 0 radical (unpaired) electrons. The molecule has 0 fully saturated rings. The zero-order valence-corrected chi connectivity index (χ0v) is 18.7. The van der Waals surface area contributed by atoms with Crippen LogP contribution in [0.15, 0.2) is 72.4 Å². The number of rotatable bonds is 4. The van der Waals surface area contributed by atoms with Crippen LogP contribution in [0, 0.1) is 0 Å². The van der Waals surface area contributed by atoms with Crippen molar-refractivity contribution < 1.29 is 6.22 Å². The van der Waals surface area contributed by atoms with Crippen LogP contribution in [-0.4, -0.2) is 40.9 Å². The van der Waals surface area contributed by atoms with E-state index in [2.05, 4.69) is 69.1 Å². The van der Waals surface area contributed by atoms with Gasteiger partial charge >= 0.3 is 0 Å². The molecule has 0 aliphatic carbocycles. The van der Waals surface area contributed by atoms with Gasteiger partial charge in [0.1, 0.15) is 5.82 Å². The molecule has 32 heavy (non-hydrogen) atoms. The number of aromatic nitrogens is 2. The highest BCUT2D eigenvalue weighted by Crippen LogP contribution is 2.33. The van der Waals surface area contributed by atoms with Crippen molar-refractivity contribution in [3.63, 3.8) is 0 Å². The van der Waals surface area contributed by atoms with Crippen LogP contribution in [0.2, 0.25) is 0 Å². The Hall–Kier alpha value is -3.22. The molecule has 5 nitrogen and oxygen atoms in total. The van der Waals surface area contributed by atoms with Crippen molar-refractivity contribution in [2.45, 2.75) is 12.8 Å². The number of anilines is 1. The number of nitrogens with zero attached hydrogens (tertiary/aromatic N) is 3. The maximum absolute atomic E-state index is 12.9. The summed E-state index contributed by atoms with van der Waals surface area (Å²) in [7, 11) is 2.10. The van der Waals surface area contributed by atoms with Gasteiger partial charge in [0.15, 0.2) is 0 Å². The van der Waals surface area contributed by atoms with Gasteiger partial charge in [-0.2, -0.15) is 0 Å². The molecule has 0 spiro atoms. The number of carbonyl (C=O) groups is 1. The smallest absolute Gasteiger partial charge is 0.256 e. The third kappa shape index (κ3) is 4.52. The summed E-state index contributed by atoms with van der Waals surface area (Å²) in [6.07, 6.45) is 12.0. The van der Waals surface area contributed by atoms with Gasteiger partial charge in [-0.3, -0.25) is 9.78 Å². The van der Waals surface area contributed by atoms with Crippen LogP contribution < -0.4 is 5.32 Å². The van der Waals surface area contributed by atoms with Gasteiger partial charge < -0.3 is 10.2 Å². The Morgan fingerprint density at radius 2 is 2.06 bits per heavy atom. The van der Waals surface area contributed by atoms with E-state index in [0.717, 1.165) is 42.4 Å². The summed E-state index contributed by atoms with van der Waals surface area (Å²) in [6, 6.07) is 11.9. The summed E-state index contributed by atoms with van der Waals surface area (Å²) in [5, 5.41) is 7.17. The number of fused-ring (bicyclic) bond motifs is 1. The SMILES string of the molecule is CN1CC=C(c2cc(C(=O)Nc3cc4cc(C5=CCC=CS5)ccc4cn3)ccn2)CC1.[HH]. The number of thioether (sulfide) groups is 1. The highest BCUT2D eigenvalue weighted by Gasteiger charge is 2.14. The number of amides is 1. The van der Waals surface area contributed by atoms with Crippen molar-refractivity contribution in [2.75, 3.05) is 25.5 Å². The molecule has 5 rings (SSSR count). The van der Waals surface area contributed by atoms with Crippen molar-refractivity contribution >= 4 is 44.7 Å². The minimum Gasteiger partial charge on any atom is -0.307 e. The average Bonchev–Trinajstić information content (AvgIpc) is 2.84. The van der Waals surface area contributed by atoms with E-state index in [9.17, 15) is 4.79 Å². The van der Waals surface area contributed by atoms with Crippen LogP contribution in [0.4, 0.5) is 5.82 Å². The summed E-state index contributed by atoms with van der Waals surface area (Å²) >= 11 is 1.73. The maximum Gasteiger partial charge on any atom is 0.256 e. The van der Waals surface area contributed by atoms with Gasteiger partial charge in [-0.15, -0.1) is 0 Å². The summed E-state index contributed by atoms with van der Waals surface area (Å²) in [5.74, 6) is 0.363. The predicted octanol–water partition coefficient (Wildman–Crippen LogP) is 5.84. The van der Waals surface area contributed by atoms with Crippen LogP contribution >= 0.6 is 11.8 Å². The van der Waals surface area contributed by atoms with Gasteiger partial charge in [0, 0.05) is 42.8 Å². The molecule has 0 bridgehead atoms. The molecule has 1 amide bonds. The summed E-state index contributed by atoms with van der Waals surface area (Å²) in [6.45, 7) is 1.90. The number of nitrogens with one attached hydrogen (secondary N) is 1. The predicted molar refractivity (Wildman–Crippen MR) is 135 cm³/mol. The molecule has 3 aromatic rings. The van der Waals surface area contributed by atoms with E-state index in [1.54, 1.807) is 30.2 Å². The largest absolute Gasteiger partial charge is 0.307 e. The van der Waals surface area contributed by atoms with E-state index in [1.165, 1.54) is 16.0 Å². The van der Waals surface area contributed by atoms with E-state index in [0.29, 0.717) is 11.4 Å². The molecule has 1 N–H and O–H groups in total. The lowest BCUT2D eigenvalue weighted by atomic mass is 10.0. The number of benzene rings is 1. The second-order valence-electron chi connectivity index (χ2n) is 8.05. The lowest BCUT2D eigenvalue weighted by Gasteiger charge is -2.21. The minimum absolute atomic E-state index is 0. The van der Waals surface area contributed by atoms with Crippen LogP contribution in [0.3, 0.4) is 0 Å². The third-order valence-corrected chi connectivity index (χ3v) is 6.73. The molecule has 162 valence electrons. The van der Waals surface area contributed by atoms with E-state index in [4.69, 9.17) is 0 Å². The monoisotopic (exact) mass is 442 g/mol. The Kier molecular flexibility index (Phi) is 5.88. The summed E-state index contributed by atoms with van der Waals surface area (Å²) < 4.78 is 0. The number of carbonyl (C=O) groups excluding carboxylic acids is 1. The third-order valence-electron chi connectivity index (χ3n) is 5.74. The van der Waals surface area contributed by atoms with Gasteiger partial charge in [0.05, 0.1) is 5.69 Å². The molecular formula is C26H26N4OS. The van der Waals surface area contributed by atoms with Gasteiger partial charge in [-0.25, -0.2) is 4.98 Å². The minimum atomic E-state index is -0.180. The van der Waals surface area contributed by atoms with E-state index in [1.807, 2.05) is 12.1 Å². The molecule has 4 heterocycles. The standard InChI is InChI=1S/C26H24N4OS.H2/c1-30-11-8-18(9-12-30)23-15-20(7-10-27-23)26(31)29-25-16-22-14-19(5-6-21(22)17-28-25)24-4-2-3-13-32-24;/h3-8,10,13-17H,2,9,11-12H2,1H3,(H,28,29,31);1H. The van der Waals surface area contributed by atoms with Gasteiger partial charge in [-0.1, -0.05) is 42.1 Å². The molecule has 2 aromatic heterocycles. The van der Waals surface area contributed by atoms with Gasteiger partial charge in [0.2, 0.25) is 0 Å². The fourth-order valence-corrected chi connectivity index (χ4v) is 4.70. The van der Waals surface area contributed by atoms with Crippen molar-refractivity contribution in [3.8, 4) is 0 Å². The molecule has 2 aliphatic heterocycles. The van der Waals surface area contributed by atoms with Crippen LogP contribution in [0.5, 0.6) is 0 Å². The van der Waals surface area contributed by atoms with Crippen molar-refractivity contribution in [3.05, 3.63) is 89.2 Å². The number of likely N-dealkylation sites (N-methyl/N-ethyl adjacent to an activating group) is 1. The molecule has 6 heteroatoms. The fraction of sp³-hybridized carbons (Fsp3) is 0.192. The Morgan fingerprint density at radius 1 is 1.12 bits per heavy atom. The van der Waals surface area contributed by atoms with Crippen molar-refractivity contribution in [1.82, 2.24) is 14.9 Å². The number of hydrogen-bond acceptors (Lipinski definition) is 5. The van der Waals surface area contributed by atoms with Crippen LogP contribution in [-0.2, 0) is 0 Å². The molecule has 0 saturated carbocycles. The fourth-order valence-electron chi connectivity index (χ4n) is 3.89. The number of allylic oxidation sites excluding steroid dienone is 2. The van der Waals surface area contributed by atoms with E-state index >= 15 is 0 Å². The average molecular weight is 443 g/mol. The quantitative estimate of drug-likeness (QED) is 0.550. The second-order valence-corrected chi connectivity index (χ2v) is 9.00. The second kappa shape index (κ2) is 9.10. The first kappa shape index (κ1) is 20.7. The Balaban J connectivity index is 0.00000259. The summed E-state index contributed by atoms with van der Waals surface area (Å²) in [4.78, 5) is 25.4.